The first kappa shape index (κ1) is 12.3. The number of nitrogens with zero attached hydrogens (tertiary/aromatic N) is 1. The van der Waals surface area contributed by atoms with Crippen LogP contribution in [0.2, 0.25) is 0 Å². The standard InChI is InChI=1S/C9H13ClN2O2S/c1-12(2)15(13,14)11-9-5-3-4-8(6-9)7-10/h3-6,11H,7H2,1-2H3. The molecule has 6 heteroatoms. The molecule has 0 aromatic heterocycles. The van der Waals surface area contributed by atoms with Crippen LogP contribution in [-0.2, 0) is 16.1 Å². The summed E-state index contributed by atoms with van der Waals surface area (Å²) in [4.78, 5) is 0. The van der Waals surface area contributed by atoms with Gasteiger partial charge < -0.3 is 0 Å². The first-order valence-electron chi connectivity index (χ1n) is 4.31. The fourth-order valence-corrected chi connectivity index (χ4v) is 1.73. The molecule has 1 aromatic rings. The number of hydrogen-bond donors (Lipinski definition) is 1. The molecule has 0 atom stereocenters. The van der Waals surface area contributed by atoms with Crippen LogP contribution in [-0.4, -0.2) is 26.8 Å². The van der Waals surface area contributed by atoms with Crippen LogP contribution in [0.5, 0.6) is 0 Å². The normalized spacial score (nSPS) is 11.7. The molecule has 0 aliphatic rings. The molecule has 84 valence electrons. The molecule has 0 radical (unpaired) electrons. The third-order valence-electron chi connectivity index (χ3n) is 1.81. The van der Waals surface area contributed by atoms with Gasteiger partial charge in [0.05, 0.1) is 5.69 Å². The van der Waals surface area contributed by atoms with E-state index in [1.807, 2.05) is 6.07 Å². The Kier molecular flexibility index (Phi) is 3.96. The Hall–Kier alpha value is -0.780. The molecule has 1 rings (SSSR count). The predicted molar refractivity (Wildman–Crippen MR) is 62.2 cm³/mol. The molecule has 0 aliphatic carbocycles. The van der Waals surface area contributed by atoms with Crippen LogP contribution in [0.25, 0.3) is 0 Å². The van der Waals surface area contributed by atoms with Crippen LogP contribution in [0, 0.1) is 0 Å². The molecule has 1 N–H and O–H groups in total. The average molecular weight is 249 g/mol. The molecular formula is C9H13ClN2O2S. The van der Waals surface area contributed by atoms with Crippen molar-refractivity contribution in [1.82, 2.24) is 4.31 Å². The second-order valence-electron chi connectivity index (χ2n) is 3.22. The fraction of sp³-hybridized carbons (Fsp3) is 0.333. The minimum absolute atomic E-state index is 0.359. The summed E-state index contributed by atoms with van der Waals surface area (Å²) in [6, 6.07) is 6.97. The van der Waals surface area contributed by atoms with Crippen LogP contribution in [0.1, 0.15) is 5.56 Å². The lowest BCUT2D eigenvalue weighted by Gasteiger charge is -2.13. The topological polar surface area (TPSA) is 49.4 Å². The molecular weight excluding hydrogens is 236 g/mol. The van der Waals surface area contributed by atoms with Crippen molar-refractivity contribution < 1.29 is 8.42 Å². The van der Waals surface area contributed by atoms with Crippen molar-refractivity contribution in [3.8, 4) is 0 Å². The Morgan fingerprint density at radius 1 is 1.40 bits per heavy atom. The van der Waals surface area contributed by atoms with E-state index in [1.165, 1.54) is 14.1 Å². The second-order valence-corrected chi connectivity index (χ2v) is 5.38. The first-order chi connectivity index (χ1) is 6.95. The van der Waals surface area contributed by atoms with Gasteiger partial charge in [0.25, 0.3) is 0 Å². The minimum atomic E-state index is -3.44. The van der Waals surface area contributed by atoms with E-state index in [0.717, 1.165) is 9.87 Å². The first-order valence-corrected chi connectivity index (χ1v) is 6.28. The zero-order valence-corrected chi connectivity index (χ0v) is 10.1. The lowest BCUT2D eigenvalue weighted by molar-refractivity contribution is 0.527. The van der Waals surface area contributed by atoms with Crippen LogP contribution in [0.15, 0.2) is 24.3 Å². The summed E-state index contributed by atoms with van der Waals surface area (Å²) in [6.07, 6.45) is 0. The van der Waals surface area contributed by atoms with Gasteiger partial charge in [-0.25, -0.2) is 0 Å². The van der Waals surface area contributed by atoms with Gasteiger partial charge in [-0.15, -0.1) is 11.6 Å². The maximum atomic E-state index is 11.5. The molecule has 0 unspecified atom stereocenters. The Balaban J connectivity index is 2.90. The van der Waals surface area contributed by atoms with Gasteiger partial charge in [0.2, 0.25) is 0 Å². The smallest absolute Gasteiger partial charge is 0.271 e. The largest absolute Gasteiger partial charge is 0.301 e. The molecule has 4 nitrogen and oxygen atoms in total. The number of rotatable bonds is 4. The summed E-state index contributed by atoms with van der Waals surface area (Å²) < 4.78 is 26.5. The predicted octanol–water partition coefficient (Wildman–Crippen LogP) is 1.64. The number of benzene rings is 1. The lowest BCUT2D eigenvalue weighted by atomic mass is 10.2. The van der Waals surface area contributed by atoms with E-state index in [2.05, 4.69) is 4.72 Å². The highest BCUT2D eigenvalue weighted by molar-refractivity contribution is 7.90. The Labute approximate surface area is 95.0 Å². The van der Waals surface area contributed by atoms with E-state index < -0.39 is 10.2 Å². The number of hydrogen-bond acceptors (Lipinski definition) is 2. The molecule has 0 fully saturated rings. The van der Waals surface area contributed by atoms with Gasteiger partial charge >= 0.3 is 10.2 Å². The third-order valence-corrected chi connectivity index (χ3v) is 3.57. The number of halogens is 1. The molecule has 0 bridgehead atoms. The van der Waals surface area contributed by atoms with Crippen molar-refractivity contribution in [2.45, 2.75) is 5.88 Å². The lowest BCUT2D eigenvalue weighted by Crippen LogP contribution is -2.28. The number of nitrogens with one attached hydrogen (secondary N) is 1. The molecule has 0 saturated heterocycles. The van der Waals surface area contributed by atoms with Crippen molar-refractivity contribution in [3.63, 3.8) is 0 Å². The van der Waals surface area contributed by atoms with Crippen molar-refractivity contribution in [2.75, 3.05) is 18.8 Å². The van der Waals surface area contributed by atoms with E-state index in [1.54, 1.807) is 18.2 Å². The Bertz CT molecular complexity index is 431. The molecule has 0 aliphatic heterocycles. The zero-order chi connectivity index (χ0) is 11.5. The van der Waals surface area contributed by atoms with E-state index in [-0.39, 0.29) is 0 Å². The second kappa shape index (κ2) is 4.83. The van der Waals surface area contributed by atoms with Crippen LogP contribution < -0.4 is 4.72 Å². The summed E-state index contributed by atoms with van der Waals surface area (Å²) in [5.41, 5.74) is 1.39. The molecule has 0 heterocycles. The molecule has 15 heavy (non-hydrogen) atoms. The monoisotopic (exact) mass is 248 g/mol. The van der Waals surface area contributed by atoms with Crippen molar-refractivity contribution in [3.05, 3.63) is 29.8 Å². The summed E-state index contributed by atoms with van der Waals surface area (Å²) in [7, 11) is -0.504. The van der Waals surface area contributed by atoms with E-state index in [4.69, 9.17) is 11.6 Å². The highest BCUT2D eigenvalue weighted by Crippen LogP contribution is 2.14. The van der Waals surface area contributed by atoms with Gasteiger partial charge in [-0.3, -0.25) is 4.72 Å². The van der Waals surface area contributed by atoms with E-state index in [9.17, 15) is 8.42 Å². The van der Waals surface area contributed by atoms with Crippen LogP contribution in [0.4, 0.5) is 5.69 Å². The third kappa shape index (κ3) is 3.37. The highest BCUT2D eigenvalue weighted by atomic mass is 35.5. The highest BCUT2D eigenvalue weighted by Gasteiger charge is 2.12. The molecule has 0 amide bonds. The molecule has 0 spiro atoms. The van der Waals surface area contributed by atoms with Crippen molar-refractivity contribution in [2.24, 2.45) is 0 Å². The quantitative estimate of drug-likeness (QED) is 0.824. The van der Waals surface area contributed by atoms with Gasteiger partial charge in [0.15, 0.2) is 0 Å². The maximum absolute atomic E-state index is 11.5. The fourth-order valence-electron chi connectivity index (χ4n) is 0.958. The number of anilines is 1. The van der Waals surface area contributed by atoms with Gasteiger partial charge in [-0.05, 0) is 17.7 Å². The number of alkyl halides is 1. The Morgan fingerprint density at radius 2 is 2.07 bits per heavy atom. The summed E-state index contributed by atoms with van der Waals surface area (Å²) in [5.74, 6) is 0.359. The maximum Gasteiger partial charge on any atom is 0.301 e. The van der Waals surface area contributed by atoms with E-state index in [0.29, 0.717) is 11.6 Å². The summed E-state index contributed by atoms with van der Waals surface area (Å²) >= 11 is 5.65. The van der Waals surface area contributed by atoms with Gasteiger partial charge in [-0.1, -0.05) is 12.1 Å². The van der Waals surface area contributed by atoms with Crippen molar-refractivity contribution in [1.29, 1.82) is 0 Å². The molecule has 0 saturated carbocycles. The van der Waals surface area contributed by atoms with Gasteiger partial charge in [0, 0.05) is 20.0 Å². The van der Waals surface area contributed by atoms with Crippen LogP contribution >= 0.6 is 11.6 Å². The minimum Gasteiger partial charge on any atom is -0.271 e. The van der Waals surface area contributed by atoms with Crippen molar-refractivity contribution >= 4 is 27.5 Å². The average Bonchev–Trinajstić information content (AvgIpc) is 2.17. The summed E-state index contributed by atoms with van der Waals surface area (Å²) in [6.45, 7) is 0. The van der Waals surface area contributed by atoms with Gasteiger partial charge in [0.1, 0.15) is 0 Å². The molecule has 1 aromatic carbocycles. The van der Waals surface area contributed by atoms with Crippen LogP contribution in [0.3, 0.4) is 0 Å². The van der Waals surface area contributed by atoms with Gasteiger partial charge in [-0.2, -0.15) is 12.7 Å². The Morgan fingerprint density at radius 3 is 2.60 bits per heavy atom. The van der Waals surface area contributed by atoms with E-state index >= 15 is 0 Å². The zero-order valence-electron chi connectivity index (χ0n) is 8.57. The summed E-state index contributed by atoms with van der Waals surface area (Å²) in [5, 5.41) is 0. The SMILES string of the molecule is CN(C)S(=O)(=O)Nc1cccc(CCl)c1.